The van der Waals surface area contributed by atoms with E-state index < -0.39 is 0 Å². The van der Waals surface area contributed by atoms with Crippen molar-refractivity contribution in [1.82, 2.24) is 19.6 Å². The highest BCUT2D eigenvalue weighted by atomic mass is 16.3. The fraction of sp³-hybridized carbons (Fsp3) is 0.526. The van der Waals surface area contributed by atoms with Crippen LogP contribution in [0.2, 0.25) is 0 Å². The molecule has 0 saturated carbocycles. The first-order chi connectivity index (χ1) is 11.6. The largest absolute Gasteiger partial charge is 0.390 e. The molecule has 0 amide bonds. The van der Waals surface area contributed by atoms with Gasteiger partial charge in [0.05, 0.1) is 12.3 Å². The highest BCUT2D eigenvalue weighted by molar-refractivity contribution is 5.14. The number of likely N-dealkylation sites (N-methyl/N-ethyl adjacent to an activating group) is 1. The second kappa shape index (κ2) is 7.92. The molecule has 3 rings (SSSR count). The number of rotatable bonds is 7. The molecule has 2 atom stereocenters. The van der Waals surface area contributed by atoms with Crippen molar-refractivity contribution in [3.8, 4) is 0 Å². The van der Waals surface area contributed by atoms with Gasteiger partial charge in [0.2, 0.25) is 0 Å². The van der Waals surface area contributed by atoms with E-state index in [0.29, 0.717) is 12.6 Å². The fourth-order valence-electron chi connectivity index (χ4n) is 3.68. The van der Waals surface area contributed by atoms with Crippen molar-refractivity contribution in [1.29, 1.82) is 0 Å². The number of aliphatic hydroxyl groups is 1. The van der Waals surface area contributed by atoms with Crippen LogP contribution in [0.15, 0.2) is 42.7 Å². The summed E-state index contributed by atoms with van der Waals surface area (Å²) < 4.78 is 1.86. The number of β-amino-alcohol motifs (C(OH)–C–C–N with tert-alkyl or cyclic N) is 1. The Bertz CT molecular complexity index is 627. The topological polar surface area (TPSA) is 44.5 Å². The second-order valence-corrected chi connectivity index (χ2v) is 6.94. The average molecular weight is 328 g/mol. The lowest BCUT2D eigenvalue weighted by atomic mass is 10.1. The molecule has 0 unspecified atom stereocenters. The Hall–Kier alpha value is -1.69. The number of aromatic nitrogens is 2. The molecule has 24 heavy (non-hydrogen) atoms. The molecule has 2 heterocycles. The Morgan fingerprint density at radius 2 is 2.12 bits per heavy atom. The number of nitrogens with zero attached hydrogens (tertiary/aromatic N) is 4. The highest BCUT2D eigenvalue weighted by Gasteiger charge is 2.28. The van der Waals surface area contributed by atoms with Crippen LogP contribution in [-0.2, 0) is 13.6 Å². The summed E-state index contributed by atoms with van der Waals surface area (Å²) >= 11 is 0. The van der Waals surface area contributed by atoms with Crippen molar-refractivity contribution in [3.05, 3.63) is 53.9 Å². The van der Waals surface area contributed by atoms with Gasteiger partial charge in [-0.3, -0.25) is 14.5 Å². The summed E-state index contributed by atoms with van der Waals surface area (Å²) in [5, 5.41) is 14.8. The Kier molecular flexibility index (Phi) is 5.66. The molecule has 1 aromatic heterocycles. The zero-order valence-electron chi connectivity index (χ0n) is 14.7. The van der Waals surface area contributed by atoms with Crippen molar-refractivity contribution >= 4 is 0 Å². The molecule has 0 spiro atoms. The quantitative estimate of drug-likeness (QED) is 0.845. The van der Waals surface area contributed by atoms with Crippen LogP contribution in [0.25, 0.3) is 0 Å². The molecule has 130 valence electrons. The predicted octanol–water partition coefficient (Wildman–Crippen LogP) is 2.05. The van der Waals surface area contributed by atoms with Gasteiger partial charge in [-0.25, -0.2) is 0 Å². The third-order valence-corrected chi connectivity index (χ3v) is 4.74. The fourth-order valence-corrected chi connectivity index (χ4v) is 3.68. The molecule has 0 radical (unpaired) electrons. The van der Waals surface area contributed by atoms with Gasteiger partial charge in [0.1, 0.15) is 0 Å². The van der Waals surface area contributed by atoms with Crippen molar-refractivity contribution < 1.29 is 5.11 Å². The molecule has 1 aromatic carbocycles. The van der Waals surface area contributed by atoms with Crippen molar-refractivity contribution in [2.45, 2.75) is 31.5 Å². The third kappa shape index (κ3) is 4.44. The Balaban J connectivity index is 1.51. The van der Waals surface area contributed by atoms with Gasteiger partial charge in [0.15, 0.2) is 0 Å². The monoisotopic (exact) mass is 328 g/mol. The number of hydrogen-bond donors (Lipinski definition) is 1. The molecule has 1 fully saturated rings. The first kappa shape index (κ1) is 17.1. The lowest BCUT2D eigenvalue weighted by Gasteiger charge is -2.28. The van der Waals surface area contributed by atoms with E-state index in [9.17, 15) is 5.11 Å². The Labute approximate surface area is 144 Å². The van der Waals surface area contributed by atoms with Gasteiger partial charge >= 0.3 is 0 Å². The molecular formula is C19H28N4O. The molecule has 5 nitrogen and oxygen atoms in total. The summed E-state index contributed by atoms with van der Waals surface area (Å²) in [6.07, 6.45) is 6.05. The van der Waals surface area contributed by atoms with E-state index in [1.54, 1.807) is 0 Å². The van der Waals surface area contributed by atoms with Crippen LogP contribution < -0.4 is 0 Å². The lowest BCUT2D eigenvalue weighted by molar-refractivity contribution is 0.0750. The van der Waals surface area contributed by atoms with Gasteiger partial charge in [-0.05, 0) is 32.0 Å². The van der Waals surface area contributed by atoms with E-state index in [0.717, 1.165) is 26.1 Å². The highest BCUT2D eigenvalue weighted by Crippen LogP contribution is 2.31. The molecule has 5 heteroatoms. The van der Waals surface area contributed by atoms with Crippen molar-refractivity contribution in [2.75, 3.05) is 26.7 Å². The first-order valence-electron chi connectivity index (χ1n) is 8.75. The Morgan fingerprint density at radius 1 is 1.33 bits per heavy atom. The van der Waals surface area contributed by atoms with E-state index in [4.69, 9.17) is 0 Å². The molecule has 1 N–H and O–H groups in total. The smallest absolute Gasteiger partial charge is 0.0794 e. The summed E-state index contributed by atoms with van der Waals surface area (Å²) in [7, 11) is 4.02. The number of aryl methyl sites for hydroxylation is 1. The summed E-state index contributed by atoms with van der Waals surface area (Å²) in [6.45, 7) is 3.33. The Morgan fingerprint density at radius 3 is 2.83 bits per heavy atom. The maximum absolute atomic E-state index is 10.5. The molecule has 1 aliphatic rings. The maximum Gasteiger partial charge on any atom is 0.0794 e. The molecule has 2 aromatic rings. The second-order valence-electron chi connectivity index (χ2n) is 6.94. The van der Waals surface area contributed by atoms with E-state index in [2.05, 4.69) is 52.4 Å². The SMILES string of the molecule is CN(Cc1ccccc1)C[C@@H](O)CN1CCC[C@@H]1c1cnn(C)c1. The molecular weight excluding hydrogens is 300 g/mol. The number of hydrogen-bond acceptors (Lipinski definition) is 4. The molecule has 1 aliphatic heterocycles. The van der Waals surface area contributed by atoms with E-state index in [1.807, 2.05) is 24.0 Å². The first-order valence-corrected chi connectivity index (χ1v) is 8.75. The minimum atomic E-state index is -0.337. The number of likely N-dealkylation sites (tertiary alicyclic amines) is 1. The van der Waals surface area contributed by atoms with E-state index in [-0.39, 0.29) is 6.10 Å². The van der Waals surface area contributed by atoms with Crippen LogP contribution in [0.3, 0.4) is 0 Å². The van der Waals surface area contributed by atoms with E-state index in [1.165, 1.54) is 17.5 Å². The summed E-state index contributed by atoms with van der Waals surface area (Å²) in [5.41, 5.74) is 2.54. The molecule has 0 bridgehead atoms. The summed E-state index contributed by atoms with van der Waals surface area (Å²) in [4.78, 5) is 4.59. The number of aliphatic hydroxyl groups excluding tert-OH is 1. The van der Waals surface area contributed by atoms with Crippen LogP contribution >= 0.6 is 0 Å². The van der Waals surface area contributed by atoms with Gasteiger partial charge in [-0.1, -0.05) is 30.3 Å². The van der Waals surface area contributed by atoms with E-state index >= 15 is 0 Å². The maximum atomic E-state index is 10.5. The van der Waals surface area contributed by atoms with Crippen LogP contribution in [0.1, 0.15) is 30.0 Å². The van der Waals surface area contributed by atoms with Crippen molar-refractivity contribution in [2.24, 2.45) is 7.05 Å². The van der Waals surface area contributed by atoms with Crippen molar-refractivity contribution in [3.63, 3.8) is 0 Å². The summed E-state index contributed by atoms with van der Waals surface area (Å²) in [5.74, 6) is 0. The average Bonchev–Trinajstić information content (AvgIpc) is 3.16. The standard InChI is InChI=1S/C19H28N4O/c1-21(12-16-7-4-3-5-8-16)14-18(24)15-23-10-6-9-19(23)17-11-20-22(2)13-17/h3-5,7-8,11,13,18-19,24H,6,9-10,12,14-15H2,1-2H3/t18-,19-/m1/s1. The zero-order valence-corrected chi connectivity index (χ0v) is 14.7. The summed E-state index contributed by atoms with van der Waals surface area (Å²) in [6, 6.07) is 10.8. The van der Waals surface area contributed by atoms with Gasteiger partial charge in [-0.2, -0.15) is 5.10 Å². The predicted molar refractivity (Wildman–Crippen MR) is 95.5 cm³/mol. The van der Waals surface area contributed by atoms with Gasteiger partial charge in [-0.15, -0.1) is 0 Å². The zero-order chi connectivity index (χ0) is 16.9. The third-order valence-electron chi connectivity index (χ3n) is 4.74. The lowest BCUT2D eigenvalue weighted by Crippen LogP contribution is -2.38. The van der Waals surface area contributed by atoms with Gasteiger partial charge in [0.25, 0.3) is 0 Å². The minimum absolute atomic E-state index is 0.337. The van der Waals surface area contributed by atoms with Gasteiger partial charge in [0, 0.05) is 44.5 Å². The number of benzene rings is 1. The van der Waals surface area contributed by atoms with Crippen LogP contribution in [0.4, 0.5) is 0 Å². The molecule has 1 saturated heterocycles. The van der Waals surface area contributed by atoms with Crippen LogP contribution in [0, 0.1) is 0 Å². The minimum Gasteiger partial charge on any atom is -0.390 e. The normalized spacial score (nSPS) is 19.9. The van der Waals surface area contributed by atoms with Gasteiger partial charge < -0.3 is 5.11 Å². The van der Waals surface area contributed by atoms with Crippen LogP contribution in [0.5, 0.6) is 0 Å². The van der Waals surface area contributed by atoms with Crippen LogP contribution in [-0.4, -0.2) is 57.5 Å². The molecule has 0 aliphatic carbocycles.